The van der Waals surface area contributed by atoms with Crippen LogP contribution in [0.25, 0.3) is 0 Å². The van der Waals surface area contributed by atoms with Crippen molar-refractivity contribution in [2.45, 2.75) is 33.1 Å². The van der Waals surface area contributed by atoms with Gasteiger partial charge in [-0.15, -0.1) is 0 Å². The van der Waals surface area contributed by atoms with Crippen molar-refractivity contribution in [2.75, 3.05) is 6.54 Å². The van der Waals surface area contributed by atoms with E-state index in [9.17, 15) is 4.79 Å². The Hall–Kier alpha value is -2.17. The molecular formula is C15H20N4O. The molecule has 0 bridgehead atoms. The third-order valence-corrected chi connectivity index (χ3v) is 3.33. The quantitative estimate of drug-likeness (QED) is 0.786. The molecule has 20 heavy (non-hydrogen) atoms. The molecular weight excluding hydrogens is 252 g/mol. The van der Waals surface area contributed by atoms with E-state index in [0.717, 1.165) is 29.8 Å². The molecule has 0 fully saturated rings. The fourth-order valence-corrected chi connectivity index (χ4v) is 2.05. The van der Waals surface area contributed by atoms with Gasteiger partial charge in [-0.25, -0.2) is 0 Å². The molecule has 0 atom stereocenters. The average Bonchev–Trinajstić information content (AvgIpc) is 2.83. The van der Waals surface area contributed by atoms with E-state index in [1.807, 2.05) is 32.2 Å². The SMILES string of the molecule is Cc1cccnc1CC(=O)NCCCc1cn[nH]c1C. The summed E-state index contributed by atoms with van der Waals surface area (Å²) in [5.74, 6) is 0.0238. The molecule has 5 nitrogen and oxygen atoms in total. The van der Waals surface area contributed by atoms with Crippen LogP contribution in [0, 0.1) is 13.8 Å². The third kappa shape index (κ3) is 3.91. The number of amides is 1. The maximum Gasteiger partial charge on any atom is 0.226 e. The standard InChI is InChI=1S/C15H20N4O/c1-11-5-3-7-16-14(11)9-15(20)17-8-4-6-13-10-18-19-12(13)2/h3,5,7,10H,4,6,8-9H2,1-2H3,(H,17,20)(H,18,19). The molecule has 0 radical (unpaired) electrons. The van der Waals surface area contributed by atoms with Gasteiger partial charge < -0.3 is 5.32 Å². The maximum absolute atomic E-state index is 11.8. The van der Waals surface area contributed by atoms with Gasteiger partial charge in [0.05, 0.1) is 18.3 Å². The van der Waals surface area contributed by atoms with E-state index in [2.05, 4.69) is 20.5 Å². The molecule has 0 unspecified atom stereocenters. The monoisotopic (exact) mass is 272 g/mol. The number of nitrogens with zero attached hydrogens (tertiary/aromatic N) is 2. The summed E-state index contributed by atoms with van der Waals surface area (Å²) in [6.45, 7) is 4.65. The van der Waals surface area contributed by atoms with Crippen molar-refractivity contribution in [1.29, 1.82) is 0 Å². The molecule has 1 amide bonds. The number of hydrogen-bond donors (Lipinski definition) is 2. The van der Waals surface area contributed by atoms with Crippen molar-refractivity contribution in [3.63, 3.8) is 0 Å². The lowest BCUT2D eigenvalue weighted by Gasteiger charge is -2.06. The lowest BCUT2D eigenvalue weighted by Crippen LogP contribution is -2.27. The number of rotatable bonds is 6. The Balaban J connectivity index is 1.71. The number of carbonyl (C=O) groups is 1. The van der Waals surface area contributed by atoms with Crippen LogP contribution in [0.5, 0.6) is 0 Å². The summed E-state index contributed by atoms with van der Waals surface area (Å²) in [4.78, 5) is 16.0. The first-order valence-corrected chi connectivity index (χ1v) is 6.83. The van der Waals surface area contributed by atoms with Gasteiger partial charge in [0.2, 0.25) is 5.91 Å². The second-order valence-corrected chi connectivity index (χ2v) is 4.92. The molecule has 106 valence electrons. The van der Waals surface area contributed by atoms with Gasteiger partial charge >= 0.3 is 0 Å². The lowest BCUT2D eigenvalue weighted by molar-refractivity contribution is -0.120. The molecule has 2 heterocycles. The van der Waals surface area contributed by atoms with Gasteiger partial charge in [0.15, 0.2) is 0 Å². The molecule has 0 saturated carbocycles. The van der Waals surface area contributed by atoms with Crippen LogP contribution in [0.3, 0.4) is 0 Å². The maximum atomic E-state index is 11.8. The fourth-order valence-electron chi connectivity index (χ4n) is 2.05. The number of aryl methyl sites for hydroxylation is 3. The minimum Gasteiger partial charge on any atom is -0.356 e. The summed E-state index contributed by atoms with van der Waals surface area (Å²) in [7, 11) is 0. The molecule has 0 aliphatic carbocycles. The normalized spacial score (nSPS) is 10.5. The largest absolute Gasteiger partial charge is 0.356 e. The first kappa shape index (κ1) is 14.2. The van der Waals surface area contributed by atoms with Crippen molar-refractivity contribution in [3.8, 4) is 0 Å². The molecule has 0 aliphatic heterocycles. The molecule has 0 spiro atoms. The topological polar surface area (TPSA) is 70.7 Å². The molecule has 0 aromatic carbocycles. The Morgan fingerprint density at radius 1 is 1.40 bits per heavy atom. The highest BCUT2D eigenvalue weighted by atomic mass is 16.1. The molecule has 0 saturated heterocycles. The Bertz CT molecular complexity index is 577. The Kier molecular flexibility index (Phi) is 4.87. The highest BCUT2D eigenvalue weighted by Gasteiger charge is 2.06. The predicted octanol–water partition coefficient (Wildman–Crippen LogP) is 1.71. The number of nitrogens with one attached hydrogen (secondary N) is 2. The first-order chi connectivity index (χ1) is 9.66. The van der Waals surface area contributed by atoms with E-state index < -0.39 is 0 Å². The number of pyridine rings is 1. The molecule has 0 aliphatic rings. The van der Waals surface area contributed by atoms with E-state index in [1.54, 1.807) is 6.20 Å². The Morgan fingerprint density at radius 3 is 2.95 bits per heavy atom. The number of aromatic amines is 1. The highest BCUT2D eigenvalue weighted by Crippen LogP contribution is 2.06. The van der Waals surface area contributed by atoms with Gasteiger partial charge in [0.25, 0.3) is 0 Å². The van der Waals surface area contributed by atoms with Gasteiger partial charge in [0.1, 0.15) is 0 Å². The van der Waals surface area contributed by atoms with Gasteiger partial charge in [-0.1, -0.05) is 6.07 Å². The zero-order valence-electron chi connectivity index (χ0n) is 11.9. The fraction of sp³-hybridized carbons (Fsp3) is 0.400. The summed E-state index contributed by atoms with van der Waals surface area (Å²) in [5.41, 5.74) is 4.20. The second-order valence-electron chi connectivity index (χ2n) is 4.92. The van der Waals surface area contributed by atoms with Gasteiger partial charge in [-0.2, -0.15) is 5.10 Å². The Morgan fingerprint density at radius 2 is 2.25 bits per heavy atom. The molecule has 2 N–H and O–H groups in total. The average molecular weight is 272 g/mol. The third-order valence-electron chi connectivity index (χ3n) is 3.33. The van der Waals surface area contributed by atoms with E-state index in [0.29, 0.717) is 13.0 Å². The van der Waals surface area contributed by atoms with Crippen molar-refractivity contribution in [1.82, 2.24) is 20.5 Å². The molecule has 2 rings (SSSR count). The van der Waals surface area contributed by atoms with E-state index >= 15 is 0 Å². The molecule has 2 aromatic heterocycles. The summed E-state index contributed by atoms with van der Waals surface area (Å²) in [5, 5.41) is 9.82. The summed E-state index contributed by atoms with van der Waals surface area (Å²) >= 11 is 0. The van der Waals surface area contributed by atoms with Crippen LogP contribution in [0.2, 0.25) is 0 Å². The minimum atomic E-state index is 0.0238. The minimum absolute atomic E-state index is 0.0238. The van der Waals surface area contributed by atoms with Crippen LogP contribution < -0.4 is 5.32 Å². The molecule has 5 heteroatoms. The number of hydrogen-bond acceptors (Lipinski definition) is 3. The van der Waals surface area contributed by atoms with E-state index in [4.69, 9.17) is 0 Å². The number of carbonyl (C=O) groups excluding carboxylic acids is 1. The smallest absolute Gasteiger partial charge is 0.226 e. The van der Waals surface area contributed by atoms with Crippen LogP contribution in [-0.4, -0.2) is 27.6 Å². The van der Waals surface area contributed by atoms with Crippen LogP contribution in [-0.2, 0) is 17.6 Å². The summed E-state index contributed by atoms with van der Waals surface area (Å²) in [6.07, 6.45) is 5.74. The lowest BCUT2D eigenvalue weighted by atomic mass is 10.1. The second kappa shape index (κ2) is 6.84. The van der Waals surface area contributed by atoms with Crippen molar-refractivity contribution < 1.29 is 4.79 Å². The van der Waals surface area contributed by atoms with Gasteiger partial charge in [-0.05, 0) is 43.9 Å². The van der Waals surface area contributed by atoms with Crippen molar-refractivity contribution >= 4 is 5.91 Å². The van der Waals surface area contributed by atoms with Gasteiger partial charge in [-0.3, -0.25) is 14.9 Å². The van der Waals surface area contributed by atoms with Crippen LogP contribution in [0.1, 0.15) is 28.9 Å². The van der Waals surface area contributed by atoms with Gasteiger partial charge in [0, 0.05) is 18.4 Å². The van der Waals surface area contributed by atoms with Crippen LogP contribution >= 0.6 is 0 Å². The van der Waals surface area contributed by atoms with E-state index in [-0.39, 0.29) is 5.91 Å². The summed E-state index contributed by atoms with van der Waals surface area (Å²) < 4.78 is 0. The Labute approximate surface area is 118 Å². The van der Waals surface area contributed by atoms with E-state index in [1.165, 1.54) is 5.56 Å². The zero-order chi connectivity index (χ0) is 14.4. The zero-order valence-corrected chi connectivity index (χ0v) is 11.9. The number of aromatic nitrogens is 3. The van der Waals surface area contributed by atoms with Crippen LogP contribution in [0.15, 0.2) is 24.5 Å². The predicted molar refractivity (Wildman–Crippen MR) is 77.3 cm³/mol. The van der Waals surface area contributed by atoms with Crippen LogP contribution in [0.4, 0.5) is 0 Å². The highest BCUT2D eigenvalue weighted by molar-refractivity contribution is 5.78. The summed E-state index contributed by atoms with van der Waals surface area (Å²) in [6, 6.07) is 3.85. The van der Waals surface area contributed by atoms with Crippen molar-refractivity contribution in [3.05, 3.63) is 47.0 Å². The first-order valence-electron chi connectivity index (χ1n) is 6.83. The molecule has 2 aromatic rings. The van der Waals surface area contributed by atoms with Crippen molar-refractivity contribution in [2.24, 2.45) is 0 Å². The number of H-pyrrole nitrogens is 1.